The number of hydrogen-bond acceptors (Lipinski definition) is 4. The Morgan fingerprint density at radius 1 is 1.32 bits per heavy atom. The summed E-state index contributed by atoms with van der Waals surface area (Å²) in [5.41, 5.74) is 2.25. The summed E-state index contributed by atoms with van der Waals surface area (Å²) in [5.74, 6) is -0.191. The second-order valence-corrected chi connectivity index (χ2v) is 4.90. The maximum absolute atomic E-state index is 11.4. The molecule has 1 aromatic rings. The molecule has 19 heavy (non-hydrogen) atoms. The van der Waals surface area contributed by atoms with Crippen LogP contribution >= 0.6 is 0 Å². The average Bonchev–Trinajstić information content (AvgIpc) is 2.88. The van der Waals surface area contributed by atoms with Gasteiger partial charge in [-0.2, -0.15) is 0 Å². The molecule has 4 heteroatoms. The number of hydrogen-bond donors (Lipinski definition) is 0. The number of ether oxygens (including phenoxy) is 2. The standard InChI is InChI=1S/C15H21NO3/c1-18-14-7-8-16(11-14)10-13-6-4-3-5-12(13)9-15(17)19-2/h3-6,14H,7-11H2,1-2H3. The minimum atomic E-state index is -0.191. The lowest BCUT2D eigenvalue weighted by Crippen LogP contribution is -2.23. The van der Waals surface area contributed by atoms with Crippen LogP contribution in [0.25, 0.3) is 0 Å². The number of benzene rings is 1. The SMILES string of the molecule is COC(=O)Cc1ccccc1CN1CCC(OC)C1. The maximum atomic E-state index is 11.4. The summed E-state index contributed by atoms with van der Waals surface area (Å²) in [6.45, 7) is 2.88. The van der Waals surface area contributed by atoms with Gasteiger partial charge in [-0.1, -0.05) is 24.3 Å². The van der Waals surface area contributed by atoms with Crippen LogP contribution in [-0.4, -0.2) is 44.3 Å². The first-order valence-electron chi connectivity index (χ1n) is 6.61. The van der Waals surface area contributed by atoms with Gasteiger partial charge in [-0.25, -0.2) is 0 Å². The van der Waals surface area contributed by atoms with Crippen molar-refractivity contribution >= 4 is 5.97 Å². The number of carbonyl (C=O) groups excluding carboxylic acids is 1. The van der Waals surface area contributed by atoms with E-state index in [2.05, 4.69) is 11.0 Å². The molecule has 1 aromatic carbocycles. The van der Waals surface area contributed by atoms with Gasteiger partial charge in [0.2, 0.25) is 0 Å². The van der Waals surface area contributed by atoms with E-state index >= 15 is 0 Å². The summed E-state index contributed by atoms with van der Waals surface area (Å²) < 4.78 is 10.1. The predicted molar refractivity (Wildman–Crippen MR) is 72.9 cm³/mol. The highest BCUT2D eigenvalue weighted by atomic mass is 16.5. The van der Waals surface area contributed by atoms with Crippen molar-refractivity contribution in [3.05, 3.63) is 35.4 Å². The van der Waals surface area contributed by atoms with Crippen molar-refractivity contribution in [2.24, 2.45) is 0 Å². The summed E-state index contributed by atoms with van der Waals surface area (Å²) >= 11 is 0. The first kappa shape index (κ1) is 14.0. The van der Waals surface area contributed by atoms with Gasteiger partial charge >= 0.3 is 5.97 Å². The van der Waals surface area contributed by atoms with Gasteiger partial charge < -0.3 is 9.47 Å². The molecule has 1 atom stereocenters. The molecular formula is C15H21NO3. The smallest absolute Gasteiger partial charge is 0.309 e. The topological polar surface area (TPSA) is 38.8 Å². The van der Waals surface area contributed by atoms with Gasteiger partial charge in [-0.05, 0) is 17.5 Å². The number of nitrogens with zero attached hydrogens (tertiary/aromatic N) is 1. The van der Waals surface area contributed by atoms with E-state index in [0.717, 1.165) is 31.6 Å². The summed E-state index contributed by atoms with van der Waals surface area (Å²) in [7, 11) is 3.19. The highest BCUT2D eigenvalue weighted by Crippen LogP contribution is 2.18. The zero-order chi connectivity index (χ0) is 13.7. The van der Waals surface area contributed by atoms with E-state index in [1.807, 2.05) is 18.2 Å². The Hall–Kier alpha value is -1.39. The minimum absolute atomic E-state index is 0.191. The van der Waals surface area contributed by atoms with Crippen LogP contribution in [0.1, 0.15) is 17.5 Å². The number of carbonyl (C=O) groups is 1. The zero-order valence-corrected chi connectivity index (χ0v) is 11.6. The van der Waals surface area contributed by atoms with Gasteiger partial charge in [-0.3, -0.25) is 9.69 Å². The molecule has 1 unspecified atom stereocenters. The fraction of sp³-hybridized carbons (Fsp3) is 0.533. The van der Waals surface area contributed by atoms with Crippen molar-refractivity contribution in [1.82, 2.24) is 4.90 Å². The summed E-state index contributed by atoms with van der Waals surface area (Å²) in [6.07, 6.45) is 1.76. The normalized spacial score (nSPS) is 19.6. The molecule has 0 spiro atoms. The Morgan fingerprint density at radius 2 is 2.05 bits per heavy atom. The molecule has 0 amide bonds. The summed E-state index contributed by atoms with van der Waals surface area (Å²) in [4.78, 5) is 13.8. The van der Waals surface area contributed by atoms with E-state index in [4.69, 9.17) is 9.47 Å². The monoisotopic (exact) mass is 263 g/mol. The van der Waals surface area contributed by atoms with Gasteiger partial charge in [0.1, 0.15) is 0 Å². The number of rotatable bonds is 5. The van der Waals surface area contributed by atoms with Gasteiger partial charge in [0, 0.05) is 26.7 Å². The molecule has 1 heterocycles. The van der Waals surface area contributed by atoms with Crippen molar-refractivity contribution in [2.45, 2.75) is 25.5 Å². The summed E-state index contributed by atoms with van der Waals surface area (Å²) in [6, 6.07) is 8.05. The van der Waals surface area contributed by atoms with Crippen LogP contribution in [0.3, 0.4) is 0 Å². The lowest BCUT2D eigenvalue weighted by atomic mass is 10.0. The predicted octanol–water partition coefficient (Wildman–Crippen LogP) is 1.62. The largest absolute Gasteiger partial charge is 0.469 e. The Morgan fingerprint density at radius 3 is 2.68 bits per heavy atom. The van der Waals surface area contributed by atoms with Gasteiger partial charge in [-0.15, -0.1) is 0 Å². The fourth-order valence-corrected chi connectivity index (χ4v) is 2.49. The third kappa shape index (κ3) is 3.78. The van der Waals surface area contributed by atoms with Crippen LogP contribution < -0.4 is 0 Å². The molecule has 0 bridgehead atoms. The van der Waals surface area contributed by atoms with Gasteiger partial charge in [0.25, 0.3) is 0 Å². The third-order valence-corrected chi connectivity index (χ3v) is 3.64. The van der Waals surface area contributed by atoms with Crippen LogP contribution in [0, 0.1) is 0 Å². The van der Waals surface area contributed by atoms with Gasteiger partial charge in [0.05, 0.1) is 19.6 Å². The van der Waals surface area contributed by atoms with Crippen LogP contribution in [0.5, 0.6) is 0 Å². The molecule has 1 fully saturated rings. The second kappa shape index (κ2) is 6.68. The Kier molecular flexibility index (Phi) is 4.93. The number of methoxy groups -OCH3 is 2. The highest BCUT2D eigenvalue weighted by molar-refractivity contribution is 5.72. The zero-order valence-electron chi connectivity index (χ0n) is 11.6. The highest BCUT2D eigenvalue weighted by Gasteiger charge is 2.22. The van der Waals surface area contributed by atoms with E-state index in [1.165, 1.54) is 12.7 Å². The molecule has 1 aliphatic heterocycles. The fourth-order valence-electron chi connectivity index (χ4n) is 2.49. The van der Waals surface area contributed by atoms with E-state index in [1.54, 1.807) is 7.11 Å². The number of esters is 1. The Balaban J connectivity index is 2.01. The molecule has 1 saturated heterocycles. The number of likely N-dealkylation sites (tertiary alicyclic amines) is 1. The van der Waals surface area contributed by atoms with Crippen molar-refractivity contribution in [3.8, 4) is 0 Å². The molecule has 0 radical (unpaired) electrons. The van der Waals surface area contributed by atoms with Crippen molar-refractivity contribution in [3.63, 3.8) is 0 Å². The lowest BCUT2D eigenvalue weighted by molar-refractivity contribution is -0.139. The molecule has 104 valence electrons. The van der Waals surface area contributed by atoms with E-state index in [-0.39, 0.29) is 5.97 Å². The molecule has 2 rings (SSSR count). The lowest BCUT2D eigenvalue weighted by Gasteiger charge is -2.17. The van der Waals surface area contributed by atoms with Crippen molar-refractivity contribution < 1.29 is 14.3 Å². The van der Waals surface area contributed by atoms with Crippen molar-refractivity contribution in [2.75, 3.05) is 27.3 Å². The van der Waals surface area contributed by atoms with Crippen LogP contribution in [-0.2, 0) is 27.2 Å². The van der Waals surface area contributed by atoms with Crippen LogP contribution in [0.4, 0.5) is 0 Å². The molecule has 0 N–H and O–H groups in total. The van der Waals surface area contributed by atoms with Crippen LogP contribution in [0.2, 0.25) is 0 Å². The summed E-state index contributed by atoms with van der Waals surface area (Å²) in [5, 5.41) is 0. The Labute approximate surface area is 114 Å². The van der Waals surface area contributed by atoms with E-state index < -0.39 is 0 Å². The first-order valence-corrected chi connectivity index (χ1v) is 6.61. The van der Waals surface area contributed by atoms with Gasteiger partial charge in [0.15, 0.2) is 0 Å². The molecule has 4 nitrogen and oxygen atoms in total. The molecule has 0 saturated carbocycles. The molecule has 1 aliphatic rings. The van der Waals surface area contributed by atoms with Crippen molar-refractivity contribution in [1.29, 1.82) is 0 Å². The van der Waals surface area contributed by atoms with E-state index in [0.29, 0.717) is 12.5 Å². The first-order chi connectivity index (χ1) is 9.22. The Bertz CT molecular complexity index is 433. The molecular weight excluding hydrogens is 242 g/mol. The molecule has 0 aromatic heterocycles. The third-order valence-electron chi connectivity index (χ3n) is 3.64. The quantitative estimate of drug-likeness (QED) is 0.757. The average molecular weight is 263 g/mol. The molecule has 0 aliphatic carbocycles. The minimum Gasteiger partial charge on any atom is -0.469 e. The second-order valence-electron chi connectivity index (χ2n) is 4.90. The van der Waals surface area contributed by atoms with Crippen LogP contribution in [0.15, 0.2) is 24.3 Å². The maximum Gasteiger partial charge on any atom is 0.309 e. The van der Waals surface area contributed by atoms with E-state index in [9.17, 15) is 4.79 Å².